The van der Waals surface area contributed by atoms with Crippen molar-refractivity contribution in [2.75, 3.05) is 0 Å². The van der Waals surface area contributed by atoms with Crippen molar-refractivity contribution in [1.29, 1.82) is 0 Å². The molecule has 0 fully saturated rings. The molecular weight excluding hydrogens is 244 g/mol. The molecule has 0 aliphatic rings. The Morgan fingerprint density at radius 3 is 2.68 bits per heavy atom. The number of aromatic nitrogens is 4. The van der Waals surface area contributed by atoms with Crippen LogP contribution in [0.4, 0.5) is 0 Å². The van der Waals surface area contributed by atoms with Gasteiger partial charge in [-0.2, -0.15) is 4.98 Å². The third-order valence-electron chi connectivity index (χ3n) is 3.12. The van der Waals surface area contributed by atoms with E-state index >= 15 is 0 Å². The summed E-state index contributed by atoms with van der Waals surface area (Å²) in [7, 11) is 0. The molecule has 0 aliphatic carbocycles. The van der Waals surface area contributed by atoms with Crippen LogP contribution in [0.25, 0.3) is 17.2 Å². The van der Waals surface area contributed by atoms with Gasteiger partial charge in [-0.3, -0.25) is 5.10 Å². The summed E-state index contributed by atoms with van der Waals surface area (Å²) in [6.45, 7) is 4.09. The number of H-pyrrole nitrogens is 1. The summed E-state index contributed by atoms with van der Waals surface area (Å²) in [4.78, 5) is 19.0. The first-order valence-electron chi connectivity index (χ1n) is 5.80. The Hall–Kier alpha value is -2.63. The highest BCUT2D eigenvalue weighted by molar-refractivity contribution is 5.85. The van der Waals surface area contributed by atoms with Crippen molar-refractivity contribution in [2.45, 2.75) is 13.8 Å². The lowest BCUT2D eigenvalue weighted by atomic mass is 10.1. The molecule has 0 radical (unpaired) electrons. The topological polar surface area (TPSA) is 83.3 Å². The van der Waals surface area contributed by atoms with Gasteiger partial charge in [-0.1, -0.05) is 12.1 Å². The first-order valence-corrected chi connectivity index (χ1v) is 5.80. The van der Waals surface area contributed by atoms with Crippen LogP contribution in [0.5, 0.6) is 0 Å². The summed E-state index contributed by atoms with van der Waals surface area (Å²) in [5, 5.41) is 11.9. The average Bonchev–Trinajstić information content (AvgIpc) is 2.90. The molecule has 0 saturated carbocycles. The maximum atomic E-state index is 10.8. The van der Waals surface area contributed by atoms with Gasteiger partial charge in [0.25, 0.3) is 5.78 Å². The van der Waals surface area contributed by atoms with Gasteiger partial charge in [0.05, 0.1) is 6.20 Å². The molecule has 0 spiro atoms. The molecule has 2 aromatic heterocycles. The molecule has 2 N–H and O–H groups in total. The fourth-order valence-corrected chi connectivity index (χ4v) is 1.89. The number of carboxylic acids is 1. The second kappa shape index (κ2) is 3.94. The van der Waals surface area contributed by atoms with Gasteiger partial charge in [0.15, 0.2) is 11.5 Å². The minimum absolute atomic E-state index is 0.0228. The Morgan fingerprint density at radius 1 is 1.26 bits per heavy atom. The largest absolute Gasteiger partial charge is 0.476 e. The molecule has 19 heavy (non-hydrogen) atoms. The molecule has 3 rings (SSSR count). The van der Waals surface area contributed by atoms with Crippen LogP contribution in [0, 0.1) is 13.8 Å². The minimum Gasteiger partial charge on any atom is -0.476 e. The van der Waals surface area contributed by atoms with Gasteiger partial charge >= 0.3 is 5.97 Å². The fraction of sp³-hybridized carbons (Fsp3) is 0.154. The Morgan fingerprint density at radius 2 is 2.05 bits per heavy atom. The molecule has 0 aliphatic heterocycles. The van der Waals surface area contributed by atoms with E-state index in [9.17, 15) is 4.79 Å². The van der Waals surface area contributed by atoms with Crippen LogP contribution >= 0.6 is 0 Å². The molecular formula is C13H12N4O2. The number of fused-ring (bicyclic) bond motifs is 1. The summed E-state index contributed by atoms with van der Waals surface area (Å²) in [5.41, 5.74) is 3.32. The van der Waals surface area contributed by atoms with Crippen molar-refractivity contribution in [2.24, 2.45) is 0 Å². The van der Waals surface area contributed by atoms with Crippen LogP contribution in [0.3, 0.4) is 0 Å². The molecule has 1 aromatic carbocycles. The molecule has 0 atom stereocenters. The molecule has 96 valence electrons. The van der Waals surface area contributed by atoms with E-state index in [4.69, 9.17) is 5.11 Å². The van der Waals surface area contributed by atoms with E-state index in [2.05, 4.69) is 15.1 Å². The summed E-state index contributed by atoms with van der Waals surface area (Å²) < 4.78 is 1.51. The highest BCUT2D eigenvalue weighted by atomic mass is 16.4. The molecule has 0 unspecified atom stereocenters. The molecule has 2 heterocycles. The number of aromatic carboxylic acids is 1. The van der Waals surface area contributed by atoms with Crippen LogP contribution < -0.4 is 0 Å². The van der Waals surface area contributed by atoms with E-state index in [0.717, 1.165) is 5.56 Å². The zero-order valence-corrected chi connectivity index (χ0v) is 10.5. The van der Waals surface area contributed by atoms with E-state index in [1.165, 1.54) is 21.8 Å². The number of rotatable bonds is 2. The number of imidazole rings is 1. The van der Waals surface area contributed by atoms with Gasteiger partial charge < -0.3 is 5.11 Å². The second-order valence-electron chi connectivity index (χ2n) is 4.47. The summed E-state index contributed by atoms with van der Waals surface area (Å²) in [6.07, 6.45) is 1.41. The third kappa shape index (κ3) is 1.87. The zero-order chi connectivity index (χ0) is 13.6. The van der Waals surface area contributed by atoms with Crippen molar-refractivity contribution in [3.8, 4) is 11.4 Å². The number of nitrogens with zero attached hydrogens (tertiary/aromatic N) is 3. The summed E-state index contributed by atoms with van der Waals surface area (Å²) in [5.74, 6) is -0.0419. The Balaban J connectivity index is 2.08. The number of nitrogens with one attached hydrogen (secondary N) is 1. The third-order valence-corrected chi connectivity index (χ3v) is 3.12. The van der Waals surface area contributed by atoms with Crippen LogP contribution in [0.15, 0.2) is 24.4 Å². The predicted octanol–water partition coefficient (Wildman–Crippen LogP) is 2.04. The predicted molar refractivity (Wildman–Crippen MR) is 69.2 cm³/mol. The van der Waals surface area contributed by atoms with Crippen molar-refractivity contribution in [3.63, 3.8) is 0 Å². The molecule has 6 heteroatoms. The highest BCUT2D eigenvalue weighted by Crippen LogP contribution is 2.19. The Labute approximate surface area is 108 Å². The van der Waals surface area contributed by atoms with E-state index in [1.54, 1.807) is 0 Å². The van der Waals surface area contributed by atoms with Gasteiger partial charge in [-0.15, -0.1) is 0 Å². The minimum atomic E-state index is -1.06. The van der Waals surface area contributed by atoms with Crippen LogP contribution in [0.1, 0.15) is 21.6 Å². The van der Waals surface area contributed by atoms with Crippen LogP contribution in [-0.2, 0) is 0 Å². The Kier molecular flexibility index (Phi) is 2.38. The summed E-state index contributed by atoms with van der Waals surface area (Å²) >= 11 is 0. The summed E-state index contributed by atoms with van der Waals surface area (Å²) in [6, 6.07) is 6.03. The van der Waals surface area contributed by atoms with E-state index < -0.39 is 5.97 Å². The molecule has 0 amide bonds. The van der Waals surface area contributed by atoms with Crippen LogP contribution in [0.2, 0.25) is 0 Å². The quantitative estimate of drug-likeness (QED) is 0.735. The number of hydrogen-bond acceptors (Lipinski definition) is 3. The smallest absolute Gasteiger partial charge is 0.356 e. The van der Waals surface area contributed by atoms with Crippen molar-refractivity contribution >= 4 is 11.7 Å². The number of benzene rings is 1. The standard InChI is InChI=1S/C13H12N4O2/c1-7-3-4-9(5-8(7)2)11-15-13-14-10(12(18)19)6-17(13)16-11/h3-6H,1-2H3,(H,18,19)(H,14,15,16). The maximum Gasteiger partial charge on any atom is 0.356 e. The lowest BCUT2D eigenvalue weighted by molar-refractivity contribution is 0.0691. The number of hydrogen-bond donors (Lipinski definition) is 2. The van der Waals surface area contributed by atoms with Gasteiger partial charge in [-0.25, -0.2) is 14.3 Å². The van der Waals surface area contributed by atoms with Crippen molar-refractivity contribution in [3.05, 3.63) is 41.2 Å². The van der Waals surface area contributed by atoms with E-state index in [1.807, 2.05) is 32.0 Å². The number of aromatic amines is 1. The van der Waals surface area contributed by atoms with Gasteiger partial charge in [0, 0.05) is 5.56 Å². The number of carbonyl (C=O) groups is 1. The van der Waals surface area contributed by atoms with Crippen LogP contribution in [-0.4, -0.2) is 30.7 Å². The Bertz CT molecular complexity index is 754. The fourth-order valence-electron chi connectivity index (χ4n) is 1.89. The van der Waals surface area contributed by atoms with Gasteiger partial charge in [0.1, 0.15) is 0 Å². The average molecular weight is 256 g/mol. The first-order chi connectivity index (χ1) is 9.04. The normalized spacial score (nSPS) is 11.1. The van der Waals surface area contributed by atoms with E-state index in [-0.39, 0.29) is 5.69 Å². The van der Waals surface area contributed by atoms with Crippen molar-refractivity contribution < 1.29 is 9.90 Å². The number of carboxylic acid groups (broad SMARTS) is 1. The lowest BCUT2D eigenvalue weighted by Gasteiger charge is -2.01. The molecule has 6 nitrogen and oxygen atoms in total. The van der Waals surface area contributed by atoms with Gasteiger partial charge in [-0.05, 0) is 31.0 Å². The molecule has 0 bridgehead atoms. The van der Waals surface area contributed by atoms with E-state index in [0.29, 0.717) is 11.6 Å². The number of aryl methyl sites for hydroxylation is 2. The SMILES string of the molecule is Cc1ccc(-c2nc3nc(C(=O)O)cn3[nH]2)cc1C. The maximum absolute atomic E-state index is 10.8. The molecule has 0 saturated heterocycles. The molecule has 3 aromatic rings. The monoisotopic (exact) mass is 256 g/mol. The second-order valence-corrected chi connectivity index (χ2v) is 4.47. The highest BCUT2D eigenvalue weighted by Gasteiger charge is 2.13. The van der Waals surface area contributed by atoms with Crippen molar-refractivity contribution in [1.82, 2.24) is 19.6 Å². The first kappa shape index (κ1) is 11.5. The van der Waals surface area contributed by atoms with Gasteiger partial charge in [0.2, 0.25) is 0 Å². The zero-order valence-electron chi connectivity index (χ0n) is 10.5. The lowest BCUT2D eigenvalue weighted by Crippen LogP contribution is -1.96.